The molecule has 4 nitrogen and oxygen atoms in total. The number of halogens is 1. The van der Waals surface area contributed by atoms with Crippen LogP contribution in [-0.2, 0) is 24.3 Å². The summed E-state index contributed by atoms with van der Waals surface area (Å²) in [6.07, 6.45) is 3.99. The summed E-state index contributed by atoms with van der Waals surface area (Å²) in [5, 5.41) is 0. The first-order valence-electron chi connectivity index (χ1n) is 6.24. The fraction of sp³-hybridized carbons (Fsp3) is 0.286. The molecule has 1 aromatic carbocycles. The molecule has 0 N–H and O–H groups in total. The third-order valence-electron chi connectivity index (χ3n) is 3.37. The molecule has 98 valence electrons. The van der Waals surface area contributed by atoms with Crippen LogP contribution in [0.25, 0.3) is 0 Å². The number of imidazole rings is 1. The summed E-state index contributed by atoms with van der Waals surface area (Å²) in [7, 11) is 0. The Kier molecular flexibility index (Phi) is 3.03. The minimum Gasteiger partial charge on any atom is -0.333 e. The van der Waals surface area contributed by atoms with E-state index in [2.05, 4.69) is 9.55 Å². The first-order chi connectivity index (χ1) is 9.22. The number of hydrogen-bond donors (Lipinski definition) is 0. The molecule has 0 saturated heterocycles. The zero-order chi connectivity index (χ0) is 13.2. The molecule has 0 fully saturated rings. The van der Waals surface area contributed by atoms with Gasteiger partial charge < -0.3 is 9.47 Å². The molecule has 5 heteroatoms. The number of benzene rings is 1. The van der Waals surface area contributed by atoms with Crippen molar-refractivity contribution in [2.24, 2.45) is 0 Å². The number of amides is 1. The summed E-state index contributed by atoms with van der Waals surface area (Å²) in [5.74, 6) is 0.691. The highest BCUT2D eigenvalue weighted by Crippen LogP contribution is 2.12. The van der Waals surface area contributed by atoms with Crippen molar-refractivity contribution in [3.05, 3.63) is 53.9 Å². The van der Waals surface area contributed by atoms with Crippen LogP contribution in [0.1, 0.15) is 11.4 Å². The Morgan fingerprint density at radius 2 is 2.05 bits per heavy atom. The molecule has 0 saturated carbocycles. The van der Waals surface area contributed by atoms with Gasteiger partial charge in [-0.3, -0.25) is 4.79 Å². The normalized spacial score (nSPS) is 14.3. The summed E-state index contributed by atoms with van der Waals surface area (Å²) in [6.45, 7) is 2.03. The van der Waals surface area contributed by atoms with E-state index in [1.807, 2.05) is 6.20 Å². The fourth-order valence-electron chi connectivity index (χ4n) is 2.28. The number of fused-ring (bicyclic) bond motifs is 1. The van der Waals surface area contributed by atoms with E-state index < -0.39 is 0 Å². The van der Waals surface area contributed by atoms with Gasteiger partial charge in [-0.2, -0.15) is 0 Å². The largest absolute Gasteiger partial charge is 0.333 e. The maximum atomic E-state index is 12.8. The van der Waals surface area contributed by atoms with Crippen LogP contribution < -0.4 is 0 Å². The maximum Gasteiger partial charge on any atom is 0.227 e. The quantitative estimate of drug-likeness (QED) is 0.821. The molecule has 1 aromatic heterocycles. The lowest BCUT2D eigenvalue weighted by atomic mass is 10.1. The van der Waals surface area contributed by atoms with Crippen molar-refractivity contribution in [2.45, 2.75) is 19.5 Å². The van der Waals surface area contributed by atoms with Crippen LogP contribution >= 0.6 is 0 Å². The first kappa shape index (κ1) is 11.9. The van der Waals surface area contributed by atoms with Crippen molar-refractivity contribution in [1.82, 2.24) is 14.5 Å². The minimum absolute atomic E-state index is 0.0564. The van der Waals surface area contributed by atoms with Crippen molar-refractivity contribution >= 4 is 5.91 Å². The van der Waals surface area contributed by atoms with Crippen LogP contribution in [0.3, 0.4) is 0 Å². The van der Waals surface area contributed by atoms with Gasteiger partial charge in [-0.25, -0.2) is 9.37 Å². The van der Waals surface area contributed by atoms with E-state index >= 15 is 0 Å². The molecule has 0 atom stereocenters. The van der Waals surface area contributed by atoms with E-state index in [0.717, 1.165) is 17.9 Å². The average molecular weight is 259 g/mol. The van der Waals surface area contributed by atoms with Crippen molar-refractivity contribution < 1.29 is 9.18 Å². The number of nitrogens with zero attached hydrogens (tertiary/aromatic N) is 3. The molecule has 1 amide bonds. The van der Waals surface area contributed by atoms with Crippen LogP contribution in [0.15, 0.2) is 36.7 Å². The van der Waals surface area contributed by atoms with E-state index in [4.69, 9.17) is 0 Å². The van der Waals surface area contributed by atoms with E-state index in [1.54, 1.807) is 23.2 Å². The number of carbonyl (C=O) groups excluding carboxylic acids is 1. The standard InChI is InChI=1S/C14H14FN3O/c15-12-3-1-11(2-4-12)9-14(19)18-8-7-17-6-5-16-13(17)10-18/h1-6H,7-10H2. The second-order valence-corrected chi connectivity index (χ2v) is 4.66. The van der Waals surface area contributed by atoms with E-state index in [9.17, 15) is 9.18 Å². The molecule has 0 aliphatic carbocycles. The molecule has 2 aromatic rings. The van der Waals surface area contributed by atoms with Gasteiger partial charge in [-0.05, 0) is 17.7 Å². The zero-order valence-corrected chi connectivity index (χ0v) is 10.4. The highest BCUT2D eigenvalue weighted by molar-refractivity contribution is 5.78. The molecule has 2 heterocycles. The molecule has 1 aliphatic heterocycles. The molecule has 0 bridgehead atoms. The SMILES string of the molecule is O=C(Cc1ccc(F)cc1)N1CCn2ccnc2C1. The Morgan fingerprint density at radius 1 is 1.26 bits per heavy atom. The van der Waals surface area contributed by atoms with Crippen LogP contribution in [0.5, 0.6) is 0 Å². The predicted octanol–water partition coefficient (Wildman–Crippen LogP) is 1.61. The fourth-order valence-corrected chi connectivity index (χ4v) is 2.28. The van der Waals surface area contributed by atoms with Crippen molar-refractivity contribution in [3.8, 4) is 0 Å². The monoisotopic (exact) mass is 259 g/mol. The summed E-state index contributed by atoms with van der Waals surface area (Å²) >= 11 is 0. The second kappa shape index (κ2) is 4.84. The van der Waals surface area contributed by atoms with E-state index in [-0.39, 0.29) is 11.7 Å². The number of hydrogen-bond acceptors (Lipinski definition) is 2. The Balaban J connectivity index is 1.67. The predicted molar refractivity (Wildman–Crippen MR) is 67.7 cm³/mol. The summed E-state index contributed by atoms with van der Waals surface area (Å²) in [6, 6.07) is 6.06. The van der Waals surface area contributed by atoms with Crippen molar-refractivity contribution in [2.75, 3.05) is 6.54 Å². The van der Waals surface area contributed by atoms with Gasteiger partial charge in [0.1, 0.15) is 11.6 Å². The lowest BCUT2D eigenvalue weighted by Gasteiger charge is -2.27. The lowest BCUT2D eigenvalue weighted by molar-refractivity contribution is -0.132. The zero-order valence-electron chi connectivity index (χ0n) is 10.4. The molecule has 0 radical (unpaired) electrons. The summed E-state index contributed by atoms with van der Waals surface area (Å²) < 4.78 is 14.9. The topological polar surface area (TPSA) is 38.1 Å². The highest BCUT2D eigenvalue weighted by atomic mass is 19.1. The van der Waals surface area contributed by atoms with Gasteiger partial charge >= 0.3 is 0 Å². The molecule has 0 unspecified atom stereocenters. The van der Waals surface area contributed by atoms with Crippen LogP contribution in [0, 0.1) is 5.82 Å². The molecule has 0 spiro atoms. The van der Waals surface area contributed by atoms with Crippen LogP contribution in [0.4, 0.5) is 4.39 Å². The lowest BCUT2D eigenvalue weighted by Crippen LogP contribution is -2.39. The van der Waals surface area contributed by atoms with Crippen LogP contribution in [-0.4, -0.2) is 26.9 Å². The number of carbonyl (C=O) groups is 1. The molecular formula is C14H14FN3O. The number of aromatic nitrogens is 2. The summed E-state index contributed by atoms with van der Waals surface area (Å²) in [5.41, 5.74) is 0.834. The van der Waals surface area contributed by atoms with Crippen LogP contribution in [0.2, 0.25) is 0 Å². The van der Waals surface area contributed by atoms with Gasteiger partial charge in [0.05, 0.1) is 13.0 Å². The van der Waals surface area contributed by atoms with Gasteiger partial charge in [0, 0.05) is 25.5 Å². The highest BCUT2D eigenvalue weighted by Gasteiger charge is 2.20. The first-order valence-corrected chi connectivity index (χ1v) is 6.24. The Morgan fingerprint density at radius 3 is 2.84 bits per heavy atom. The molecule has 3 rings (SSSR count). The molecule has 19 heavy (non-hydrogen) atoms. The van der Waals surface area contributed by atoms with E-state index in [1.165, 1.54) is 12.1 Å². The van der Waals surface area contributed by atoms with Gasteiger partial charge in [0.25, 0.3) is 0 Å². The third kappa shape index (κ3) is 2.50. The second-order valence-electron chi connectivity index (χ2n) is 4.66. The van der Waals surface area contributed by atoms with Gasteiger partial charge in [0.15, 0.2) is 0 Å². The van der Waals surface area contributed by atoms with Crippen molar-refractivity contribution in [1.29, 1.82) is 0 Å². The minimum atomic E-state index is -0.281. The summed E-state index contributed by atoms with van der Waals surface area (Å²) in [4.78, 5) is 18.2. The van der Waals surface area contributed by atoms with Gasteiger partial charge in [-0.15, -0.1) is 0 Å². The van der Waals surface area contributed by atoms with Crippen molar-refractivity contribution in [3.63, 3.8) is 0 Å². The average Bonchev–Trinajstić information content (AvgIpc) is 2.88. The third-order valence-corrected chi connectivity index (χ3v) is 3.37. The number of rotatable bonds is 2. The van der Waals surface area contributed by atoms with Gasteiger partial charge in [-0.1, -0.05) is 12.1 Å². The Bertz CT molecular complexity index is 591. The maximum absolute atomic E-state index is 12.8. The van der Waals surface area contributed by atoms with E-state index in [0.29, 0.717) is 19.5 Å². The smallest absolute Gasteiger partial charge is 0.227 e. The Labute approximate surface area is 110 Å². The van der Waals surface area contributed by atoms with Gasteiger partial charge in [0.2, 0.25) is 5.91 Å². The molecular weight excluding hydrogens is 245 g/mol. The molecule has 1 aliphatic rings. The Hall–Kier alpha value is -2.17.